The van der Waals surface area contributed by atoms with E-state index in [2.05, 4.69) is 4.98 Å². The molecule has 0 amide bonds. The normalized spacial score (nSPS) is 10.0. The molecule has 0 unspecified atom stereocenters. The quantitative estimate of drug-likeness (QED) is 0.879. The summed E-state index contributed by atoms with van der Waals surface area (Å²) in [5, 5.41) is 9.06. The summed E-state index contributed by atoms with van der Waals surface area (Å²) in [5.41, 5.74) is 0.714. The predicted octanol–water partition coefficient (Wildman–Crippen LogP) is 2.38. The Labute approximate surface area is 121 Å². The minimum atomic E-state index is -1.17. The zero-order valence-electron chi connectivity index (χ0n) is 11.7. The van der Waals surface area contributed by atoms with Gasteiger partial charge in [-0.25, -0.2) is 9.78 Å². The van der Waals surface area contributed by atoms with E-state index in [4.69, 9.17) is 19.3 Å². The van der Waals surface area contributed by atoms with Crippen LogP contribution in [0.15, 0.2) is 36.5 Å². The van der Waals surface area contributed by atoms with E-state index < -0.39 is 5.97 Å². The van der Waals surface area contributed by atoms with Gasteiger partial charge < -0.3 is 19.3 Å². The van der Waals surface area contributed by atoms with E-state index in [1.165, 1.54) is 13.3 Å². The van der Waals surface area contributed by atoms with E-state index in [-0.39, 0.29) is 18.1 Å². The number of benzene rings is 1. The molecule has 0 aliphatic rings. The van der Waals surface area contributed by atoms with Crippen molar-refractivity contribution < 1.29 is 24.1 Å². The Morgan fingerprint density at radius 2 is 2.05 bits per heavy atom. The number of rotatable bonds is 6. The van der Waals surface area contributed by atoms with Gasteiger partial charge in [-0.3, -0.25) is 0 Å². The van der Waals surface area contributed by atoms with Crippen LogP contribution >= 0.6 is 0 Å². The maximum Gasteiger partial charge on any atom is 0.358 e. The van der Waals surface area contributed by atoms with Gasteiger partial charge in [-0.2, -0.15) is 0 Å². The number of nitrogens with zero attached hydrogens (tertiary/aromatic N) is 1. The van der Waals surface area contributed by atoms with E-state index >= 15 is 0 Å². The molecule has 21 heavy (non-hydrogen) atoms. The molecule has 0 aliphatic carbocycles. The summed E-state index contributed by atoms with van der Waals surface area (Å²) in [6, 6.07) is 8.97. The first-order valence-corrected chi connectivity index (χ1v) is 6.17. The average Bonchev–Trinajstić information content (AvgIpc) is 2.52. The lowest BCUT2D eigenvalue weighted by molar-refractivity contribution is 0.0685. The highest BCUT2D eigenvalue weighted by Crippen LogP contribution is 2.30. The first kappa shape index (κ1) is 14.6. The molecule has 0 fully saturated rings. The monoisotopic (exact) mass is 289 g/mol. The summed E-state index contributed by atoms with van der Waals surface area (Å²) in [5.74, 6) is -0.0108. The third-order valence-electron chi connectivity index (χ3n) is 2.80. The summed E-state index contributed by atoms with van der Waals surface area (Å²) < 4.78 is 15.8. The highest BCUT2D eigenvalue weighted by atomic mass is 16.5. The standard InChI is InChI=1S/C15H15NO5/c1-19-11-5-3-4-10(8-11)9-21-12-6-7-16-13(15(17)18)14(12)20-2/h3-8H,9H2,1-2H3,(H,17,18). The minimum absolute atomic E-state index is 0.105. The molecular weight excluding hydrogens is 274 g/mol. The van der Waals surface area contributed by atoms with Crippen molar-refractivity contribution >= 4 is 5.97 Å². The van der Waals surface area contributed by atoms with Crippen molar-refractivity contribution in [2.45, 2.75) is 6.61 Å². The molecule has 6 nitrogen and oxygen atoms in total. The Kier molecular flexibility index (Phi) is 4.61. The van der Waals surface area contributed by atoms with Crippen LogP contribution < -0.4 is 14.2 Å². The van der Waals surface area contributed by atoms with Crippen molar-refractivity contribution in [1.82, 2.24) is 4.98 Å². The molecule has 1 heterocycles. The van der Waals surface area contributed by atoms with Crippen LogP contribution in [0.25, 0.3) is 0 Å². The molecule has 0 radical (unpaired) electrons. The molecule has 110 valence electrons. The van der Waals surface area contributed by atoms with Crippen LogP contribution in [-0.2, 0) is 6.61 Å². The summed E-state index contributed by atoms with van der Waals surface area (Å²) >= 11 is 0. The van der Waals surface area contributed by atoms with E-state index in [0.29, 0.717) is 5.75 Å². The van der Waals surface area contributed by atoms with Gasteiger partial charge in [0.1, 0.15) is 12.4 Å². The van der Waals surface area contributed by atoms with Gasteiger partial charge in [0.2, 0.25) is 0 Å². The molecule has 2 aromatic rings. The Morgan fingerprint density at radius 3 is 2.71 bits per heavy atom. The van der Waals surface area contributed by atoms with E-state index in [9.17, 15) is 4.79 Å². The minimum Gasteiger partial charge on any atom is -0.497 e. The smallest absolute Gasteiger partial charge is 0.358 e. The van der Waals surface area contributed by atoms with Crippen molar-refractivity contribution in [3.05, 3.63) is 47.8 Å². The van der Waals surface area contributed by atoms with Gasteiger partial charge in [-0.1, -0.05) is 12.1 Å². The Bertz CT molecular complexity index is 642. The van der Waals surface area contributed by atoms with Gasteiger partial charge in [0.25, 0.3) is 0 Å². The maximum atomic E-state index is 11.1. The van der Waals surface area contributed by atoms with E-state index in [1.54, 1.807) is 13.2 Å². The molecule has 6 heteroatoms. The van der Waals surface area contributed by atoms with Crippen LogP contribution in [0.2, 0.25) is 0 Å². The van der Waals surface area contributed by atoms with Gasteiger partial charge in [0.05, 0.1) is 14.2 Å². The second kappa shape index (κ2) is 6.60. The largest absolute Gasteiger partial charge is 0.497 e. The van der Waals surface area contributed by atoms with Crippen LogP contribution in [0.4, 0.5) is 0 Å². The molecule has 0 atom stereocenters. The first-order chi connectivity index (χ1) is 10.2. The lowest BCUT2D eigenvalue weighted by Crippen LogP contribution is -2.06. The fourth-order valence-corrected chi connectivity index (χ4v) is 1.82. The van der Waals surface area contributed by atoms with Crippen LogP contribution in [-0.4, -0.2) is 30.3 Å². The number of carboxylic acid groups (broad SMARTS) is 1. The second-order valence-electron chi connectivity index (χ2n) is 4.14. The van der Waals surface area contributed by atoms with Crippen LogP contribution in [0, 0.1) is 0 Å². The third kappa shape index (κ3) is 3.42. The second-order valence-corrected chi connectivity index (χ2v) is 4.14. The molecule has 0 spiro atoms. The summed E-state index contributed by atoms with van der Waals surface area (Å²) in [6.07, 6.45) is 1.37. The Morgan fingerprint density at radius 1 is 1.24 bits per heavy atom. The third-order valence-corrected chi connectivity index (χ3v) is 2.80. The summed E-state index contributed by atoms with van der Waals surface area (Å²) in [4.78, 5) is 14.8. The molecule has 2 rings (SSSR count). The summed E-state index contributed by atoms with van der Waals surface area (Å²) in [6.45, 7) is 0.261. The molecule has 1 aromatic carbocycles. The van der Waals surface area contributed by atoms with Crippen LogP contribution in [0.1, 0.15) is 16.1 Å². The number of methoxy groups -OCH3 is 2. The lowest BCUT2D eigenvalue weighted by atomic mass is 10.2. The van der Waals surface area contributed by atoms with Crippen molar-refractivity contribution in [3.8, 4) is 17.2 Å². The molecule has 0 aliphatic heterocycles. The van der Waals surface area contributed by atoms with Crippen molar-refractivity contribution in [3.63, 3.8) is 0 Å². The van der Waals surface area contributed by atoms with E-state index in [0.717, 1.165) is 11.3 Å². The van der Waals surface area contributed by atoms with Gasteiger partial charge in [-0.15, -0.1) is 0 Å². The fourth-order valence-electron chi connectivity index (χ4n) is 1.82. The van der Waals surface area contributed by atoms with Crippen molar-refractivity contribution in [2.75, 3.05) is 14.2 Å². The fraction of sp³-hybridized carbons (Fsp3) is 0.200. The number of carbonyl (C=O) groups is 1. The van der Waals surface area contributed by atoms with Gasteiger partial charge in [-0.05, 0) is 17.7 Å². The van der Waals surface area contributed by atoms with Crippen molar-refractivity contribution in [2.24, 2.45) is 0 Å². The Hall–Kier alpha value is -2.76. The molecule has 1 aromatic heterocycles. The molecule has 1 N–H and O–H groups in total. The SMILES string of the molecule is COc1cccc(COc2ccnc(C(=O)O)c2OC)c1. The molecular formula is C15H15NO5. The first-order valence-electron chi connectivity index (χ1n) is 6.17. The number of ether oxygens (including phenoxy) is 3. The predicted molar refractivity (Wildman–Crippen MR) is 75.1 cm³/mol. The van der Waals surface area contributed by atoms with E-state index in [1.807, 2.05) is 24.3 Å². The molecule has 0 saturated heterocycles. The van der Waals surface area contributed by atoms with Gasteiger partial charge in [0.15, 0.2) is 17.2 Å². The zero-order valence-corrected chi connectivity index (χ0v) is 11.7. The number of carboxylic acids is 1. The van der Waals surface area contributed by atoms with Crippen LogP contribution in [0.3, 0.4) is 0 Å². The number of aromatic carboxylic acids is 1. The highest BCUT2D eigenvalue weighted by molar-refractivity contribution is 5.89. The molecule has 0 bridgehead atoms. The van der Waals surface area contributed by atoms with Crippen LogP contribution in [0.5, 0.6) is 17.2 Å². The maximum absolute atomic E-state index is 11.1. The number of hydrogen-bond acceptors (Lipinski definition) is 5. The number of aromatic nitrogens is 1. The number of hydrogen-bond donors (Lipinski definition) is 1. The zero-order chi connectivity index (χ0) is 15.2. The number of pyridine rings is 1. The molecule has 0 saturated carbocycles. The summed E-state index contributed by atoms with van der Waals surface area (Å²) in [7, 11) is 2.97. The average molecular weight is 289 g/mol. The Balaban J connectivity index is 2.19. The lowest BCUT2D eigenvalue weighted by Gasteiger charge is -2.12. The van der Waals surface area contributed by atoms with Gasteiger partial charge >= 0.3 is 5.97 Å². The highest BCUT2D eigenvalue weighted by Gasteiger charge is 2.17. The van der Waals surface area contributed by atoms with Gasteiger partial charge in [0, 0.05) is 12.3 Å². The topological polar surface area (TPSA) is 77.9 Å². The van der Waals surface area contributed by atoms with Crippen molar-refractivity contribution in [1.29, 1.82) is 0 Å².